The molecule has 0 amide bonds. The predicted octanol–water partition coefficient (Wildman–Crippen LogP) is -2.34. The molecule has 2 rings (SSSR count). The van der Waals surface area contributed by atoms with Crippen LogP contribution < -0.4 is 24.0 Å². The number of carboxylic acid groups (broad SMARTS) is 1. The second-order valence-corrected chi connectivity index (χ2v) is 3.26. The fourth-order valence-corrected chi connectivity index (χ4v) is 1.72. The number of carbonyl (C=O) groups excluding carboxylic acids is 1. The summed E-state index contributed by atoms with van der Waals surface area (Å²) in [5, 5.41) is 13.2. The number of aromatic carboxylic acids is 1. The molecule has 0 bridgehead atoms. The number of hydrogen-bond donors (Lipinski definition) is 0. The molecule has 5 heteroatoms. The Bertz CT molecular complexity index is 440. The van der Waals surface area contributed by atoms with Gasteiger partial charge in [0.05, 0.1) is 16.4 Å². The van der Waals surface area contributed by atoms with Crippen LogP contribution >= 0.6 is 11.3 Å². The Morgan fingerprint density at radius 2 is 2.31 bits per heavy atom. The first kappa shape index (κ1) is 10.3. The quantitative estimate of drug-likeness (QED) is 0.468. The van der Waals surface area contributed by atoms with Gasteiger partial charge in [-0.1, -0.05) is 0 Å². The Morgan fingerprint density at radius 3 is 3.00 bits per heavy atom. The number of aromatic nitrogens is 1. The van der Waals surface area contributed by atoms with Gasteiger partial charge in [-0.3, -0.25) is 4.98 Å². The van der Waals surface area contributed by atoms with Crippen molar-refractivity contribution in [2.45, 2.75) is 0 Å². The summed E-state index contributed by atoms with van der Waals surface area (Å²) in [5.74, 6) is -1.23. The minimum atomic E-state index is -1.23. The summed E-state index contributed by atoms with van der Waals surface area (Å²) in [4.78, 5) is 14.1. The van der Waals surface area contributed by atoms with Crippen molar-refractivity contribution in [3.63, 3.8) is 0 Å². The van der Waals surface area contributed by atoms with E-state index in [1.165, 1.54) is 17.4 Å². The molecule has 2 aromatic heterocycles. The molecule has 60 valence electrons. The standard InChI is InChI=1S/C8H5NO2S.Li/c10-8(11)6-3-5-1-2-12-7(5)4-9-6;/h1-4H,(H,10,11);/q;+1/p-1. The summed E-state index contributed by atoms with van der Waals surface area (Å²) in [6.45, 7) is 0. The summed E-state index contributed by atoms with van der Waals surface area (Å²) in [6, 6.07) is 3.37. The van der Waals surface area contributed by atoms with Crippen LogP contribution in [0.5, 0.6) is 0 Å². The van der Waals surface area contributed by atoms with E-state index in [2.05, 4.69) is 4.98 Å². The third-order valence-electron chi connectivity index (χ3n) is 1.55. The predicted molar refractivity (Wildman–Crippen MR) is 44.0 cm³/mol. The summed E-state index contributed by atoms with van der Waals surface area (Å²) in [5.41, 5.74) is -0.0131. The number of rotatable bonds is 1. The molecule has 0 aliphatic rings. The van der Waals surface area contributed by atoms with Crippen LogP contribution in [0, 0.1) is 0 Å². The van der Waals surface area contributed by atoms with Gasteiger partial charge < -0.3 is 9.90 Å². The molecule has 3 nitrogen and oxygen atoms in total. The number of fused-ring (bicyclic) bond motifs is 1. The van der Waals surface area contributed by atoms with Gasteiger partial charge in [-0.2, -0.15) is 0 Å². The molecule has 0 atom stereocenters. The van der Waals surface area contributed by atoms with Crippen molar-refractivity contribution in [1.29, 1.82) is 0 Å². The molecule has 0 spiro atoms. The van der Waals surface area contributed by atoms with Crippen molar-refractivity contribution in [3.05, 3.63) is 29.4 Å². The van der Waals surface area contributed by atoms with E-state index < -0.39 is 5.97 Å². The second-order valence-electron chi connectivity index (χ2n) is 2.32. The largest absolute Gasteiger partial charge is 1.00 e. The van der Waals surface area contributed by atoms with Crippen molar-refractivity contribution >= 4 is 27.4 Å². The van der Waals surface area contributed by atoms with Gasteiger partial charge in [-0.25, -0.2) is 0 Å². The van der Waals surface area contributed by atoms with E-state index in [1.807, 2.05) is 11.4 Å². The molecule has 0 radical (unpaired) electrons. The number of hydrogen-bond acceptors (Lipinski definition) is 4. The van der Waals surface area contributed by atoms with Crippen molar-refractivity contribution in [2.24, 2.45) is 0 Å². The zero-order valence-electron chi connectivity index (χ0n) is 6.98. The van der Waals surface area contributed by atoms with Crippen LogP contribution in [0.2, 0.25) is 0 Å². The minimum Gasteiger partial charge on any atom is -0.543 e. The molecule has 0 aliphatic carbocycles. The van der Waals surface area contributed by atoms with E-state index in [4.69, 9.17) is 0 Å². The normalized spacial score (nSPS) is 9.54. The summed E-state index contributed by atoms with van der Waals surface area (Å²) < 4.78 is 0.986. The van der Waals surface area contributed by atoms with Crippen LogP contribution in [0.4, 0.5) is 0 Å². The molecule has 0 aromatic carbocycles. The van der Waals surface area contributed by atoms with Gasteiger partial charge in [0.2, 0.25) is 0 Å². The third-order valence-corrected chi connectivity index (χ3v) is 2.42. The van der Waals surface area contributed by atoms with E-state index in [0.717, 1.165) is 10.1 Å². The van der Waals surface area contributed by atoms with Gasteiger partial charge in [0.25, 0.3) is 0 Å². The number of pyridine rings is 1. The Labute approximate surface area is 90.6 Å². The Morgan fingerprint density at radius 1 is 1.54 bits per heavy atom. The minimum absolute atomic E-state index is 0. The zero-order valence-corrected chi connectivity index (χ0v) is 7.80. The van der Waals surface area contributed by atoms with Crippen LogP contribution in [-0.4, -0.2) is 11.0 Å². The van der Waals surface area contributed by atoms with Crippen molar-refractivity contribution in [1.82, 2.24) is 4.98 Å². The maximum Gasteiger partial charge on any atom is 1.00 e. The monoisotopic (exact) mass is 185 g/mol. The molecule has 13 heavy (non-hydrogen) atoms. The fourth-order valence-electron chi connectivity index (χ4n) is 0.979. The van der Waals surface area contributed by atoms with Crippen LogP contribution in [0.15, 0.2) is 23.7 Å². The maximum absolute atomic E-state index is 10.4. The smallest absolute Gasteiger partial charge is 0.543 e. The Hall–Kier alpha value is -0.823. The second kappa shape index (κ2) is 3.92. The molecule has 0 unspecified atom stereocenters. The van der Waals surface area contributed by atoms with Crippen molar-refractivity contribution in [2.75, 3.05) is 0 Å². The first-order valence-corrected chi connectivity index (χ1v) is 4.20. The van der Waals surface area contributed by atoms with Gasteiger partial charge in [-0.05, 0) is 22.9 Å². The summed E-state index contributed by atoms with van der Waals surface area (Å²) >= 11 is 1.53. The first-order valence-electron chi connectivity index (χ1n) is 3.32. The van der Waals surface area contributed by atoms with Crippen LogP contribution in [0.3, 0.4) is 0 Å². The molecular formula is C8H4LiNO2S. The number of carboxylic acids is 1. The fraction of sp³-hybridized carbons (Fsp3) is 0. The SMILES string of the molecule is O=C([O-])c1cc2ccsc2cn1.[Li+]. The average Bonchev–Trinajstić information content (AvgIpc) is 2.49. The Balaban J connectivity index is 0.000000845. The van der Waals surface area contributed by atoms with Crippen LogP contribution in [0.25, 0.3) is 10.1 Å². The molecule has 0 saturated heterocycles. The van der Waals surface area contributed by atoms with Gasteiger partial charge in [0, 0.05) is 6.20 Å². The number of thiophene rings is 1. The zero-order chi connectivity index (χ0) is 8.55. The molecule has 0 aliphatic heterocycles. The molecule has 0 fully saturated rings. The summed E-state index contributed by atoms with van der Waals surface area (Å²) in [6.07, 6.45) is 1.55. The van der Waals surface area contributed by atoms with Crippen molar-refractivity contribution in [3.8, 4) is 0 Å². The number of carbonyl (C=O) groups is 1. The third kappa shape index (κ3) is 1.91. The van der Waals surface area contributed by atoms with Crippen molar-refractivity contribution < 1.29 is 28.8 Å². The Kier molecular flexibility index (Phi) is 3.10. The van der Waals surface area contributed by atoms with E-state index in [1.54, 1.807) is 6.20 Å². The van der Waals surface area contributed by atoms with Gasteiger partial charge in [0.15, 0.2) is 0 Å². The summed E-state index contributed by atoms with van der Waals surface area (Å²) in [7, 11) is 0. The maximum atomic E-state index is 10.4. The van der Waals surface area contributed by atoms with E-state index in [9.17, 15) is 9.90 Å². The molecule has 0 N–H and O–H groups in total. The van der Waals surface area contributed by atoms with Gasteiger partial charge in [0.1, 0.15) is 0 Å². The first-order chi connectivity index (χ1) is 5.77. The van der Waals surface area contributed by atoms with Crippen LogP contribution in [-0.2, 0) is 0 Å². The topological polar surface area (TPSA) is 53.0 Å². The average molecular weight is 185 g/mol. The van der Waals surface area contributed by atoms with Gasteiger partial charge in [-0.15, -0.1) is 11.3 Å². The molecule has 2 heterocycles. The van der Waals surface area contributed by atoms with E-state index >= 15 is 0 Å². The van der Waals surface area contributed by atoms with Gasteiger partial charge >= 0.3 is 18.9 Å². The van der Waals surface area contributed by atoms with E-state index in [0.29, 0.717) is 0 Å². The molecular weight excluding hydrogens is 181 g/mol. The van der Waals surface area contributed by atoms with Crippen LogP contribution in [0.1, 0.15) is 10.5 Å². The molecule has 0 saturated carbocycles. The molecule has 2 aromatic rings. The van der Waals surface area contributed by atoms with E-state index in [-0.39, 0.29) is 24.6 Å². The number of nitrogens with zero attached hydrogens (tertiary/aromatic N) is 1.